The highest BCUT2D eigenvalue weighted by Crippen LogP contribution is 2.32. The Morgan fingerprint density at radius 2 is 2.13 bits per heavy atom. The van der Waals surface area contributed by atoms with Gasteiger partial charge >= 0.3 is 6.18 Å². The molecule has 0 aromatic carbocycles. The Bertz CT molecular complexity index is 784. The summed E-state index contributed by atoms with van der Waals surface area (Å²) in [6.07, 6.45) is -2.97. The van der Waals surface area contributed by atoms with Gasteiger partial charge in [0, 0.05) is 30.5 Å². The molecule has 10 heteroatoms. The molecule has 2 aromatic heterocycles. The summed E-state index contributed by atoms with van der Waals surface area (Å²) in [4.78, 5) is 11.7. The lowest BCUT2D eigenvalue weighted by molar-refractivity contribution is -0.141. The zero-order chi connectivity index (χ0) is 16.6. The first kappa shape index (κ1) is 16.1. The van der Waals surface area contributed by atoms with Crippen molar-refractivity contribution in [3.63, 3.8) is 0 Å². The van der Waals surface area contributed by atoms with Crippen LogP contribution in [0.5, 0.6) is 0 Å². The van der Waals surface area contributed by atoms with E-state index in [2.05, 4.69) is 20.3 Å². The van der Waals surface area contributed by atoms with Crippen molar-refractivity contribution in [1.29, 1.82) is 0 Å². The van der Waals surface area contributed by atoms with Crippen LogP contribution in [-0.4, -0.2) is 24.9 Å². The summed E-state index contributed by atoms with van der Waals surface area (Å²) in [7, 11) is -1.28. The third kappa shape index (κ3) is 3.30. The predicted octanol–water partition coefficient (Wildman–Crippen LogP) is 2.82. The molecule has 0 radical (unpaired) electrons. The smallest absolute Gasteiger partial charge is 0.365 e. The Kier molecular flexibility index (Phi) is 4.24. The molecule has 3 rings (SSSR count). The quantitative estimate of drug-likeness (QED) is 0.850. The number of hydrogen-bond donors (Lipinski definition) is 1. The number of nitrogens with zero attached hydrogens (tertiary/aromatic N) is 3. The monoisotopic (exact) mass is 362 g/mol. The molecule has 1 N–H and O–H groups in total. The molecule has 1 aliphatic heterocycles. The fraction of sp³-hybridized carbons (Fsp3) is 0.308. The van der Waals surface area contributed by atoms with Crippen molar-refractivity contribution in [2.24, 2.45) is 0 Å². The fourth-order valence-electron chi connectivity index (χ4n) is 2.30. The second-order valence-electron chi connectivity index (χ2n) is 4.78. The van der Waals surface area contributed by atoms with Crippen molar-refractivity contribution in [3.05, 3.63) is 40.6 Å². The van der Waals surface area contributed by atoms with Gasteiger partial charge < -0.3 is 5.32 Å². The number of aromatic nitrogens is 3. The van der Waals surface area contributed by atoms with Crippen LogP contribution in [0.4, 0.5) is 19.0 Å². The van der Waals surface area contributed by atoms with E-state index in [0.717, 1.165) is 6.20 Å². The summed E-state index contributed by atoms with van der Waals surface area (Å²) in [6.45, 7) is -0.167. The molecule has 122 valence electrons. The summed E-state index contributed by atoms with van der Waals surface area (Å²) in [5.41, 5.74) is -0.439. The second kappa shape index (κ2) is 6.04. The molecule has 23 heavy (non-hydrogen) atoms. The molecule has 0 amide bonds. The number of alkyl halides is 3. The summed E-state index contributed by atoms with van der Waals surface area (Å²) >= 11 is 5.81. The third-order valence-electron chi connectivity index (χ3n) is 3.27. The van der Waals surface area contributed by atoms with Gasteiger partial charge in [-0.05, 0) is 17.7 Å². The van der Waals surface area contributed by atoms with Crippen molar-refractivity contribution in [1.82, 2.24) is 15.0 Å². The maximum atomic E-state index is 12.9. The lowest BCUT2D eigenvalue weighted by atomic mass is 10.2. The number of rotatable bonds is 3. The molecule has 1 aliphatic rings. The molecule has 0 aliphatic carbocycles. The first-order chi connectivity index (χ1) is 10.9. The summed E-state index contributed by atoms with van der Waals surface area (Å²) in [5.74, 6) is 0.604. The van der Waals surface area contributed by atoms with Gasteiger partial charge in [0.05, 0.1) is 16.5 Å². The van der Waals surface area contributed by atoms with Crippen molar-refractivity contribution in [2.75, 3.05) is 11.1 Å². The van der Waals surface area contributed by atoms with Crippen LogP contribution in [0.2, 0.25) is 5.28 Å². The maximum Gasteiger partial charge on any atom is 0.433 e. The number of anilines is 1. The van der Waals surface area contributed by atoms with Gasteiger partial charge in [0.25, 0.3) is 0 Å². The molecular formula is C13H10ClF3N4OS. The minimum Gasteiger partial charge on any atom is -0.365 e. The van der Waals surface area contributed by atoms with Gasteiger partial charge in [-0.15, -0.1) is 0 Å². The Morgan fingerprint density at radius 1 is 1.35 bits per heavy atom. The second-order valence-corrected chi connectivity index (χ2v) is 6.62. The van der Waals surface area contributed by atoms with E-state index in [-0.39, 0.29) is 23.2 Å². The summed E-state index contributed by atoms with van der Waals surface area (Å²) in [5, 5.41) is 2.74. The lowest BCUT2D eigenvalue weighted by Crippen LogP contribution is -2.15. The number of halogens is 4. The van der Waals surface area contributed by atoms with Gasteiger partial charge in [0.15, 0.2) is 0 Å². The number of pyridine rings is 1. The van der Waals surface area contributed by atoms with E-state index in [9.17, 15) is 17.4 Å². The zero-order valence-electron chi connectivity index (χ0n) is 11.5. The highest BCUT2D eigenvalue weighted by molar-refractivity contribution is 7.85. The highest BCUT2D eigenvalue weighted by Gasteiger charge is 2.35. The summed E-state index contributed by atoms with van der Waals surface area (Å²) in [6, 6.07) is 2.74. The number of aryl methyl sites for hydroxylation is 1. The van der Waals surface area contributed by atoms with Crippen LogP contribution >= 0.6 is 11.6 Å². The van der Waals surface area contributed by atoms with Gasteiger partial charge in [-0.1, -0.05) is 6.07 Å². The average molecular weight is 363 g/mol. The van der Waals surface area contributed by atoms with E-state index in [0.29, 0.717) is 22.8 Å². The van der Waals surface area contributed by atoms with Crippen LogP contribution in [0.3, 0.4) is 0 Å². The minimum atomic E-state index is -4.55. The molecule has 0 spiro atoms. The first-order valence-electron chi connectivity index (χ1n) is 6.56. The third-order valence-corrected chi connectivity index (χ3v) is 4.89. The molecule has 0 bridgehead atoms. The molecule has 0 saturated carbocycles. The number of hydrogen-bond acceptors (Lipinski definition) is 5. The predicted molar refractivity (Wildman–Crippen MR) is 78.6 cm³/mol. The Morgan fingerprint density at radius 3 is 2.87 bits per heavy atom. The SMILES string of the molecule is O=[S@@]1CCc2nc(Cl)nc(NCc3cccnc3C(F)(F)F)c21. The van der Waals surface area contributed by atoms with E-state index >= 15 is 0 Å². The van der Waals surface area contributed by atoms with Crippen molar-refractivity contribution in [2.45, 2.75) is 24.0 Å². The molecule has 0 fully saturated rings. The fourth-order valence-corrected chi connectivity index (χ4v) is 3.82. The van der Waals surface area contributed by atoms with Gasteiger partial charge in [0.2, 0.25) is 5.28 Å². The molecule has 0 unspecified atom stereocenters. The summed E-state index contributed by atoms with van der Waals surface area (Å²) < 4.78 is 50.8. The van der Waals surface area contributed by atoms with Crippen molar-refractivity contribution < 1.29 is 17.4 Å². The topological polar surface area (TPSA) is 67.8 Å². The number of fused-ring (bicyclic) bond motifs is 1. The van der Waals surface area contributed by atoms with Crippen molar-refractivity contribution >= 4 is 28.2 Å². The molecule has 2 aromatic rings. The van der Waals surface area contributed by atoms with Crippen LogP contribution < -0.4 is 5.32 Å². The zero-order valence-corrected chi connectivity index (χ0v) is 13.1. The molecule has 5 nitrogen and oxygen atoms in total. The average Bonchev–Trinajstić information content (AvgIpc) is 2.85. The standard InChI is InChI=1S/C13H10ClF3N4OS/c14-12-20-8-3-5-23(22)9(8)11(21-12)19-6-7-2-1-4-18-10(7)13(15,16)17/h1-2,4H,3,5-6H2,(H,19,20,21)/t23-/m1/s1. The normalized spacial score (nSPS) is 17.1. The van der Waals surface area contributed by atoms with Crippen LogP contribution in [0.1, 0.15) is 17.0 Å². The molecule has 0 saturated heterocycles. The van der Waals surface area contributed by atoms with E-state index in [1.54, 1.807) is 0 Å². The largest absolute Gasteiger partial charge is 0.433 e. The van der Waals surface area contributed by atoms with Crippen LogP contribution in [0.15, 0.2) is 23.2 Å². The van der Waals surface area contributed by atoms with Gasteiger partial charge in [-0.2, -0.15) is 18.2 Å². The lowest BCUT2D eigenvalue weighted by Gasteiger charge is -2.13. The minimum absolute atomic E-state index is 0.0348. The van der Waals surface area contributed by atoms with Gasteiger partial charge in [-0.25, -0.2) is 4.98 Å². The Balaban J connectivity index is 1.90. The van der Waals surface area contributed by atoms with E-state index in [4.69, 9.17) is 11.6 Å². The van der Waals surface area contributed by atoms with Crippen LogP contribution in [0.25, 0.3) is 0 Å². The van der Waals surface area contributed by atoms with Crippen LogP contribution in [0, 0.1) is 0 Å². The highest BCUT2D eigenvalue weighted by atomic mass is 35.5. The van der Waals surface area contributed by atoms with E-state index < -0.39 is 22.7 Å². The van der Waals surface area contributed by atoms with Crippen molar-refractivity contribution in [3.8, 4) is 0 Å². The molecule has 1 atom stereocenters. The molecular weight excluding hydrogens is 353 g/mol. The maximum absolute atomic E-state index is 12.9. The molecule has 3 heterocycles. The number of nitrogens with one attached hydrogen (secondary N) is 1. The van der Waals surface area contributed by atoms with E-state index in [1.807, 2.05) is 0 Å². The Labute approximate surface area is 136 Å². The first-order valence-corrected chi connectivity index (χ1v) is 8.25. The Hall–Kier alpha value is -1.74. The van der Waals surface area contributed by atoms with Gasteiger partial charge in [0.1, 0.15) is 16.4 Å². The van der Waals surface area contributed by atoms with Gasteiger partial charge in [-0.3, -0.25) is 9.19 Å². The van der Waals surface area contributed by atoms with E-state index in [1.165, 1.54) is 12.1 Å². The van der Waals surface area contributed by atoms with Crippen LogP contribution in [-0.2, 0) is 29.9 Å².